The molecule has 0 aliphatic carbocycles. The van der Waals surface area contributed by atoms with Crippen LogP contribution < -0.4 is 10.6 Å². The van der Waals surface area contributed by atoms with Gasteiger partial charge in [0.25, 0.3) is 0 Å². The summed E-state index contributed by atoms with van der Waals surface area (Å²) in [6.07, 6.45) is 3.52. The fourth-order valence-corrected chi connectivity index (χ4v) is 2.80. The molecule has 122 valence electrons. The van der Waals surface area contributed by atoms with E-state index >= 15 is 0 Å². The lowest BCUT2D eigenvalue weighted by atomic mass is 10.2. The third kappa shape index (κ3) is 3.89. The van der Waals surface area contributed by atoms with Gasteiger partial charge in [-0.3, -0.25) is 4.98 Å². The van der Waals surface area contributed by atoms with E-state index in [1.165, 1.54) is 0 Å². The molecule has 0 atom stereocenters. The predicted octanol–water partition coefficient (Wildman–Crippen LogP) is 4.78. The predicted molar refractivity (Wildman–Crippen MR) is 102 cm³/mol. The molecule has 0 saturated heterocycles. The highest BCUT2D eigenvalue weighted by Crippen LogP contribution is 2.26. The first-order valence-electron chi connectivity index (χ1n) is 7.72. The molecule has 2 aromatic heterocycles. The quantitative estimate of drug-likeness (QED) is 0.663. The van der Waals surface area contributed by atoms with Gasteiger partial charge in [0.15, 0.2) is 0 Å². The van der Waals surface area contributed by atoms with Gasteiger partial charge in [0.05, 0.1) is 5.69 Å². The van der Waals surface area contributed by atoms with E-state index in [-0.39, 0.29) is 0 Å². The molecule has 0 unspecified atom stereocenters. The van der Waals surface area contributed by atoms with Crippen LogP contribution in [0.2, 0.25) is 0 Å². The number of hydrogen-bond acceptors (Lipinski definition) is 5. The lowest BCUT2D eigenvalue weighted by Gasteiger charge is -2.12. The number of anilines is 3. The average molecular weight is 384 g/mol. The van der Waals surface area contributed by atoms with Gasteiger partial charge in [0, 0.05) is 40.7 Å². The van der Waals surface area contributed by atoms with Crippen molar-refractivity contribution in [3.05, 3.63) is 58.8 Å². The van der Waals surface area contributed by atoms with Crippen LogP contribution in [0.4, 0.5) is 17.5 Å². The first kappa shape index (κ1) is 16.4. The lowest BCUT2D eigenvalue weighted by molar-refractivity contribution is 1.09. The first-order valence-corrected chi connectivity index (χ1v) is 8.51. The molecule has 1 aromatic carbocycles. The fourth-order valence-electron chi connectivity index (χ4n) is 2.32. The van der Waals surface area contributed by atoms with Gasteiger partial charge in [-0.2, -0.15) is 4.98 Å². The monoisotopic (exact) mass is 383 g/mol. The van der Waals surface area contributed by atoms with Crippen molar-refractivity contribution in [3.8, 4) is 11.3 Å². The molecule has 0 spiro atoms. The highest BCUT2D eigenvalue weighted by Gasteiger charge is 2.08. The van der Waals surface area contributed by atoms with Gasteiger partial charge in [-0.1, -0.05) is 15.9 Å². The minimum atomic E-state index is 0.601. The summed E-state index contributed by atoms with van der Waals surface area (Å²) in [7, 11) is 0. The lowest BCUT2D eigenvalue weighted by Crippen LogP contribution is -2.05. The van der Waals surface area contributed by atoms with Gasteiger partial charge < -0.3 is 10.6 Å². The number of benzene rings is 1. The van der Waals surface area contributed by atoms with Crippen LogP contribution in [0.1, 0.15) is 12.5 Å². The Bertz CT molecular complexity index is 836. The van der Waals surface area contributed by atoms with Crippen LogP contribution in [-0.4, -0.2) is 21.5 Å². The molecular weight excluding hydrogens is 366 g/mol. The number of hydrogen-bond donors (Lipinski definition) is 2. The van der Waals surface area contributed by atoms with E-state index in [9.17, 15) is 0 Å². The summed E-state index contributed by atoms with van der Waals surface area (Å²) in [6, 6.07) is 11.9. The molecule has 2 heterocycles. The normalized spacial score (nSPS) is 10.5. The topological polar surface area (TPSA) is 62.7 Å². The average Bonchev–Trinajstić information content (AvgIpc) is 2.58. The summed E-state index contributed by atoms with van der Waals surface area (Å²) >= 11 is 3.49. The van der Waals surface area contributed by atoms with Gasteiger partial charge in [0.1, 0.15) is 5.82 Å². The Morgan fingerprint density at radius 3 is 2.54 bits per heavy atom. The number of halogens is 1. The van der Waals surface area contributed by atoms with Crippen molar-refractivity contribution in [1.82, 2.24) is 15.0 Å². The van der Waals surface area contributed by atoms with Crippen LogP contribution in [0.25, 0.3) is 11.3 Å². The molecule has 0 amide bonds. The van der Waals surface area contributed by atoms with Gasteiger partial charge in [-0.05, 0) is 49.7 Å². The van der Waals surface area contributed by atoms with Gasteiger partial charge in [0.2, 0.25) is 5.95 Å². The summed E-state index contributed by atoms with van der Waals surface area (Å²) in [5.74, 6) is 1.35. The maximum absolute atomic E-state index is 4.57. The molecule has 0 saturated carbocycles. The zero-order chi connectivity index (χ0) is 16.9. The van der Waals surface area contributed by atoms with E-state index < -0.39 is 0 Å². The van der Waals surface area contributed by atoms with Gasteiger partial charge >= 0.3 is 0 Å². The molecule has 3 rings (SSSR count). The van der Waals surface area contributed by atoms with Crippen LogP contribution >= 0.6 is 15.9 Å². The van der Waals surface area contributed by atoms with Crippen molar-refractivity contribution in [2.45, 2.75) is 13.8 Å². The van der Waals surface area contributed by atoms with Crippen molar-refractivity contribution in [1.29, 1.82) is 0 Å². The standard InChI is InChI=1S/C18H18BrN5/c1-3-21-18-23-16(13-6-8-20-9-7-13)11-17(24-18)22-15-5-4-14(19)10-12(15)2/h4-11H,3H2,1-2H3,(H2,21,22,23,24). The second kappa shape index (κ2) is 7.40. The molecule has 0 aliphatic rings. The van der Waals surface area contributed by atoms with E-state index in [0.29, 0.717) is 5.95 Å². The fraction of sp³-hybridized carbons (Fsp3) is 0.167. The maximum atomic E-state index is 4.57. The smallest absolute Gasteiger partial charge is 0.225 e. The molecule has 24 heavy (non-hydrogen) atoms. The molecule has 2 N–H and O–H groups in total. The zero-order valence-electron chi connectivity index (χ0n) is 13.5. The third-order valence-corrected chi connectivity index (χ3v) is 3.98. The second-order valence-electron chi connectivity index (χ2n) is 5.31. The Balaban J connectivity index is 1.99. The van der Waals surface area contributed by atoms with Crippen molar-refractivity contribution < 1.29 is 0 Å². The Morgan fingerprint density at radius 2 is 1.83 bits per heavy atom. The maximum Gasteiger partial charge on any atom is 0.225 e. The highest BCUT2D eigenvalue weighted by molar-refractivity contribution is 9.10. The van der Waals surface area contributed by atoms with Crippen molar-refractivity contribution >= 4 is 33.4 Å². The van der Waals surface area contributed by atoms with Crippen LogP contribution in [0.5, 0.6) is 0 Å². The second-order valence-corrected chi connectivity index (χ2v) is 6.23. The molecular formula is C18H18BrN5. The molecule has 6 heteroatoms. The van der Waals surface area contributed by atoms with Crippen LogP contribution in [-0.2, 0) is 0 Å². The van der Waals surface area contributed by atoms with Crippen LogP contribution in [0.3, 0.4) is 0 Å². The largest absolute Gasteiger partial charge is 0.354 e. The van der Waals surface area contributed by atoms with E-state index in [1.54, 1.807) is 12.4 Å². The van der Waals surface area contributed by atoms with Crippen molar-refractivity contribution in [3.63, 3.8) is 0 Å². The minimum absolute atomic E-state index is 0.601. The first-order chi connectivity index (χ1) is 11.7. The number of nitrogens with zero attached hydrogens (tertiary/aromatic N) is 3. The van der Waals surface area contributed by atoms with E-state index in [1.807, 2.05) is 37.3 Å². The van der Waals surface area contributed by atoms with Crippen molar-refractivity contribution in [2.75, 3.05) is 17.2 Å². The number of nitrogens with one attached hydrogen (secondary N) is 2. The SMILES string of the molecule is CCNc1nc(Nc2ccc(Br)cc2C)cc(-c2ccncc2)n1. The van der Waals surface area contributed by atoms with Gasteiger partial charge in [-0.25, -0.2) is 4.98 Å². The summed E-state index contributed by atoms with van der Waals surface area (Å²) in [6.45, 7) is 4.84. The van der Waals surface area contributed by atoms with E-state index in [0.717, 1.165) is 39.3 Å². The molecule has 3 aromatic rings. The van der Waals surface area contributed by atoms with E-state index in [2.05, 4.69) is 54.5 Å². The Hall–Kier alpha value is -2.47. The Labute approximate surface area is 149 Å². The summed E-state index contributed by atoms with van der Waals surface area (Å²) in [5.41, 5.74) is 4.00. The van der Waals surface area contributed by atoms with E-state index in [4.69, 9.17) is 0 Å². The molecule has 0 fully saturated rings. The number of pyridine rings is 1. The Kier molecular flexibility index (Phi) is 5.05. The molecule has 5 nitrogen and oxygen atoms in total. The number of rotatable bonds is 5. The molecule has 0 bridgehead atoms. The Morgan fingerprint density at radius 1 is 1.04 bits per heavy atom. The van der Waals surface area contributed by atoms with Gasteiger partial charge in [-0.15, -0.1) is 0 Å². The molecule has 0 aliphatic heterocycles. The van der Waals surface area contributed by atoms with Crippen LogP contribution in [0, 0.1) is 6.92 Å². The van der Waals surface area contributed by atoms with Crippen molar-refractivity contribution in [2.24, 2.45) is 0 Å². The number of aryl methyl sites for hydroxylation is 1. The third-order valence-electron chi connectivity index (χ3n) is 3.49. The molecule has 0 radical (unpaired) electrons. The van der Waals surface area contributed by atoms with Crippen LogP contribution in [0.15, 0.2) is 53.3 Å². The summed E-state index contributed by atoms with van der Waals surface area (Å²) in [5, 5.41) is 6.56. The number of aromatic nitrogens is 3. The summed E-state index contributed by atoms with van der Waals surface area (Å²) < 4.78 is 1.05. The zero-order valence-corrected chi connectivity index (χ0v) is 15.1. The highest BCUT2D eigenvalue weighted by atomic mass is 79.9. The minimum Gasteiger partial charge on any atom is -0.354 e. The summed E-state index contributed by atoms with van der Waals surface area (Å²) in [4.78, 5) is 13.2.